The van der Waals surface area contributed by atoms with Gasteiger partial charge in [0.1, 0.15) is 18.4 Å². The van der Waals surface area contributed by atoms with Gasteiger partial charge in [0.15, 0.2) is 5.69 Å². The number of hydrogen-bond donors (Lipinski definition) is 3. The molecule has 0 saturated carbocycles. The number of aliphatic carboxylic acids is 1. The zero-order valence-corrected chi connectivity index (χ0v) is 18.9. The highest BCUT2D eigenvalue weighted by molar-refractivity contribution is 6.06. The summed E-state index contributed by atoms with van der Waals surface area (Å²) in [5, 5.41) is 27.4. The largest absolute Gasteiger partial charge is 0.480 e. The zero-order valence-electron chi connectivity index (χ0n) is 18.9. The van der Waals surface area contributed by atoms with E-state index < -0.39 is 41.6 Å². The molecule has 10 heteroatoms. The second kappa shape index (κ2) is 9.70. The molecule has 2 aromatic carbocycles. The van der Waals surface area contributed by atoms with E-state index in [1.807, 2.05) is 6.07 Å². The first-order chi connectivity index (χ1) is 16.0. The van der Waals surface area contributed by atoms with Crippen molar-refractivity contribution < 1.29 is 23.9 Å². The van der Waals surface area contributed by atoms with Crippen molar-refractivity contribution in [2.24, 2.45) is 5.41 Å². The topological polar surface area (TPSA) is 137 Å². The highest BCUT2D eigenvalue weighted by atomic mass is 19.1. The van der Waals surface area contributed by atoms with E-state index in [1.54, 1.807) is 49.7 Å². The molecule has 1 atom stereocenters. The van der Waals surface area contributed by atoms with Crippen LogP contribution >= 0.6 is 0 Å². The number of hydrogen-bond acceptors (Lipinski definition) is 5. The van der Waals surface area contributed by atoms with Crippen LogP contribution in [0.2, 0.25) is 0 Å². The molecule has 0 aliphatic carbocycles. The minimum Gasteiger partial charge on any atom is -0.480 e. The van der Waals surface area contributed by atoms with Gasteiger partial charge in [-0.1, -0.05) is 32.9 Å². The summed E-state index contributed by atoms with van der Waals surface area (Å²) >= 11 is 0. The van der Waals surface area contributed by atoms with E-state index in [-0.39, 0.29) is 17.6 Å². The Morgan fingerprint density at radius 2 is 1.85 bits per heavy atom. The number of carbonyl (C=O) groups excluding carboxylic acids is 2. The first kappa shape index (κ1) is 24.4. The van der Waals surface area contributed by atoms with Crippen molar-refractivity contribution in [2.75, 3.05) is 6.54 Å². The van der Waals surface area contributed by atoms with E-state index in [9.17, 15) is 18.8 Å². The number of carboxylic acid groups (broad SMARTS) is 1. The van der Waals surface area contributed by atoms with Crippen molar-refractivity contribution in [2.45, 2.75) is 33.4 Å². The number of rotatable bonds is 7. The third-order valence-electron chi connectivity index (χ3n) is 5.16. The average molecular weight is 465 g/mol. The molecule has 2 amide bonds. The molecule has 0 saturated heterocycles. The second-order valence-corrected chi connectivity index (χ2v) is 8.86. The van der Waals surface area contributed by atoms with Gasteiger partial charge in [-0.25, -0.2) is 4.39 Å². The molecule has 0 spiro atoms. The van der Waals surface area contributed by atoms with E-state index >= 15 is 0 Å². The van der Waals surface area contributed by atoms with Gasteiger partial charge in [-0.15, -0.1) is 0 Å². The van der Waals surface area contributed by atoms with Gasteiger partial charge in [0.05, 0.1) is 23.7 Å². The summed E-state index contributed by atoms with van der Waals surface area (Å²) in [5.41, 5.74) is 1.03. The molecule has 0 unspecified atom stereocenters. The van der Waals surface area contributed by atoms with Gasteiger partial charge >= 0.3 is 5.97 Å². The molecule has 0 bridgehead atoms. The smallest absolute Gasteiger partial charge is 0.322 e. The van der Waals surface area contributed by atoms with Crippen LogP contribution < -0.4 is 10.6 Å². The average Bonchev–Trinajstić information content (AvgIpc) is 3.12. The number of aromatic nitrogens is 2. The van der Waals surface area contributed by atoms with Crippen LogP contribution in [0.1, 0.15) is 42.4 Å². The van der Waals surface area contributed by atoms with Gasteiger partial charge in [0.2, 0.25) is 5.91 Å². The fourth-order valence-corrected chi connectivity index (χ4v) is 3.44. The second-order valence-electron chi connectivity index (χ2n) is 8.86. The summed E-state index contributed by atoms with van der Waals surface area (Å²) in [4.78, 5) is 36.6. The lowest BCUT2D eigenvalue weighted by Gasteiger charge is -2.30. The van der Waals surface area contributed by atoms with Crippen LogP contribution in [0, 0.1) is 22.6 Å². The van der Waals surface area contributed by atoms with Crippen molar-refractivity contribution in [3.8, 4) is 6.07 Å². The van der Waals surface area contributed by atoms with Crippen molar-refractivity contribution in [3.05, 3.63) is 65.1 Å². The van der Waals surface area contributed by atoms with E-state index in [1.165, 1.54) is 18.2 Å². The number of amides is 2. The standard InChI is InChI=1S/C24H24FN5O4/c1-24(2,3)21(23(34)27-12-19(31)32)28-22(33)20-17-10-16(25)8-9-18(17)30(29-20)13-15-6-4-14(11-26)5-7-15/h4-10,21H,12-13H2,1-3H3,(H,27,34)(H,28,33)(H,31,32)/t21-/m1/s1. The predicted octanol–water partition coefficient (Wildman–Crippen LogP) is 2.44. The molecule has 0 radical (unpaired) electrons. The highest BCUT2D eigenvalue weighted by Crippen LogP contribution is 2.24. The minimum atomic E-state index is -1.21. The Kier molecular flexibility index (Phi) is 6.96. The van der Waals surface area contributed by atoms with E-state index in [0.29, 0.717) is 11.1 Å². The number of nitrogens with one attached hydrogen (secondary N) is 2. The summed E-state index contributed by atoms with van der Waals surface area (Å²) in [6.07, 6.45) is 0. The van der Waals surface area contributed by atoms with Crippen LogP contribution in [0.5, 0.6) is 0 Å². The molecule has 1 aromatic heterocycles. The fourth-order valence-electron chi connectivity index (χ4n) is 3.44. The Balaban J connectivity index is 1.95. The lowest BCUT2D eigenvalue weighted by molar-refractivity contribution is -0.138. The molecule has 1 heterocycles. The molecule has 9 nitrogen and oxygen atoms in total. The molecular formula is C24H24FN5O4. The summed E-state index contributed by atoms with van der Waals surface area (Å²) in [6.45, 7) is 4.84. The van der Waals surface area contributed by atoms with Crippen LogP contribution in [0.25, 0.3) is 10.9 Å². The summed E-state index contributed by atoms with van der Waals surface area (Å²) in [7, 11) is 0. The van der Waals surface area contributed by atoms with Gasteiger partial charge in [0.25, 0.3) is 5.91 Å². The maximum absolute atomic E-state index is 14.0. The molecule has 0 aliphatic rings. The lowest BCUT2D eigenvalue weighted by atomic mass is 9.86. The van der Waals surface area contributed by atoms with Gasteiger partial charge in [0, 0.05) is 5.39 Å². The highest BCUT2D eigenvalue weighted by Gasteiger charge is 2.34. The first-order valence-corrected chi connectivity index (χ1v) is 10.4. The maximum atomic E-state index is 14.0. The molecule has 3 N–H and O–H groups in total. The zero-order chi connectivity index (χ0) is 25.0. The van der Waals surface area contributed by atoms with Crippen molar-refractivity contribution in [1.82, 2.24) is 20.4 Å². The van der Waals surface area contributed by atoms with Gasteiger partial charge in [-0.3, -0.25) is 19.1 Å². The Morgan fingerprint density at radius 3 is 2.44 bits per heavy atom. The third-order valence-corrected chi connectivity index (χ3v) is 5.16. The number of carbonyl (C=O) groups is 3. The molecule has 176 valence electrons. The summed E-state index contributed by atoms with van der Waals surface area (Å²) < 4.78 is 15.6. The number of carboxylic acids is 1. The summed E-state index contributed by atoms with van der Waals surface area (Å²) in [6, 6.07) is 11.8. The van der Waals surface area contributed by atoms with Crippen LogP contribution in [-0.4, -0.2) is 45.3 Å². The van der Waals surface area contributed by atoms with Crippen LogP contribution in [0.4, 0.5) is 4.39 Å². The normalized spacial score (nSPS) is 12.1. The Bertz CT molecular complexity index is 1290. The number of benzene rings is 2. The molecule has 34 heavy (non-hydrogen) atoms. The fraction of sp³-hybridized carbons (Fsp3) is 0.292. The first-order valence-electron chi connectivity index (χ1n) is 10.4. The molecule has 0 fully saturated rings. The van der Waals surface area contributed by atoms with Crippen molar-refractivity contribution in [1.29, 1.82) is 5.26 Å². The van der Waals surface area contributed by atoms with Crippen LogP contribution in [0.15, 0.2) is 42.5 Å². The molecule has 0 aliphatic heterocycles. The summed E-state index contributed by atoms with van der Waals surface area (Å²) in [5.74, 6) is -3.11. The van der Waals surface area contributed by atoms with Gasteiger partial charge < -0.3 is 15.7 Å². The quantitative estimate of drug-likeness (QED) is 0.490. The third kappa shape index (κ3) is 5.56. The lowest BCUT2D eigenvalue weighted by Crippen LogP contribution is -2.54. The SMILES string of the molecule is CC(C)(C)[C@H](NC(=O)c1nn(Cc2ccc(C#N)cc2)c2ccc(F)cc12)C(=O)NCC(=O)O. The van der Waals surface area contributed by atoms with E-state index in [2.05, 4.69) is 15.7 Å². The van der Waals surface area contributed by atoms with Crippen LogP contribution in [0.3, 0.4) is 0 Å². The van der Waals surface area contributed by atoms with Gasteiger partial charge in [-0.05, 0) is 41.3 Å². The minimum absolute atomic E-state index is 0.0663. The van der Waals surface area contributed by atoms with E-state index in [4.69, 9.17) is 10.4 Å². The Hall–Kier alpha value is -4.26. The molecular weight excluding hydrogens is 441 g/mol. The van der Waals surface area contributed by atoms with Crippen molar-refractivity contribution in [3.63, 3.8) is 0 Å². The number of halogens is 1. The number of nitrogens with zero attached hydrogens (tertiary/aromatic N) is 3. The van der Waals surface area contributed by atoms with Crippen molar-refractivity contribution >= 4 is 28.7 Å². The van der Waals surface area contributed by atoms with Gasteiger partial charge in [-0.2, -0.15) is 10.4 Å². The van der Waals surface area contributed by atoms with E-state index in [0.717, 1.165) is 5.56 Å². The maximum Gasteiger partial charge on any atom is 0.322 e. The molecule has 3 aromatic rings. The van der Waals surface area contributed by atoms with Crippen LogP contribution in [-0.2, 0) is 16.1 Å². The Labute approximate surface area is 195 Å². The monoisotopic (exact) mass is 465 g/mol. The number of nitriles is 1. The predicted molar refractivity (Wildman–Crippen MR) is 121 cm³/mol. The molecule has 3 rings (SSSR count). The number of fused-ring (bicyclic) bond motifs is 1. The Morgan fingerprint density at radius 1 is 1.18 bits per heavy atom.